The third-order valence-electron chi connectivity index (χ3n) is 4.96. The fraction of sp³-hybridized carbons (Fsp3) is 0.529. The van der Waals surface area contributed by atoms with Gasteiger partial charge in [-0.2, -0.15) is 5.26 Å². The van der Waals surface area contributed by atoms with Crippen molar-refractivity contribution in [1.82, 2.24) is 9.80 Å². The first-order valence-electron chi connectivity index (χ1n) is 8.31. The molecule has 2 saturated heterocycles. The van der Waals surface area contributed by atoms with Gasteiger partial charge in [-0.1, -0.05) is 17.2 Å². The first kappa shape index (κ1) is 17.1. The van der Waals surface area contributed by atoms with Gasteiger partial charge < -0.3 is 19.7 Å². The molecule has 1 aromatic carbocycles. The van der Waals surface area contributed by atoms with E-state index in [-0.39, 0.29) is 17.9 Å². The number of nitriles is 1. The van der Waals surface area contributed by atoms with Crippen LogP contribution in [0.4, 0.5) is 4.79 Å². The zero-order valence-electron chi connectivity index (χ0n) is 13.8. The molecule has 8 nitrogen and oxygen atoms in total. The average molecular weight is 339 g/mol. The molecule has 130 valence electrons. The van der Waals surface area contributed by atoms with Crippen molar-refractivity contribution in [2.45, 2.75) is 12.5 Å². The average Bonchev–Trinajstić information content (AvgIpc) is 2.60. The first-order chi connectivity index (χ1) is 12.1. The lowest BCUT2D eigenvalue weighted by Gasteiger charge is -2.47. The Morgan fingerprint density at radius 2 is 1.96 bits per heavy atom. The molecular weight excluding hydrogens is 320 g/mol. The minimum Gasteiger partial charge on any atom is -0.530 e. The van der Waals surface area contributed by atoms with Gasteiger partial charge in [0.15, 0.2) is 0 Å². The van der Waals surface area contributed by atoms with Crippen molar-refractivity contribution in [3.05, 3.63) is 45.8 Å². The molecule has 2 bridgehead atoms. The summed E-state index contributed by atoms with van der Waals surface area (Å²) in [5, 5.41) is 23.9. The highest BCUT2D eigenvalue weighted by Crippen LogP contribution is 2.30. The van der Waals surface area contributed by atoms with E-state index in [0.29, 0.717) is 25.2 Å². The van der Waals surface area contributed by atoms with Crippen LogP contribution in [0, 0.1) is 23.2 Å². The van der Waals surface area contributed by atoms with E-state index in [1.807, 2.05) is 12.1 Å². The summed E-state index contributed by atoms with van der Waals surface area (Å²) in [4.78, 5) is 17.7. The van der Waals surface area contributed by atoms with Crippen molar-refractivity contribution < 1.29 is 9.90 Å². The molecule has 0 aliphatic carbocycles. The predicted octanol–water partition coefficient (Wildman–Crippen LogP) is 1.51. The van der Waals surface area contributed by atoms with Crippen LogP contribution < -0.4 is 5.11 Å². The summed E-state index contributed by atoms with van der Waals surface area (Å²) in [7, 11) is 0. The zero-order chi connectivity index (χ0) is 17.8. The van der Waals surface area contributed by atoms with Crippen LogP contribution in [0.15, 0.2) is 29.4 Å². The van der Waals surface area contributed by atoms with Crippen LogP contribution in [0.25, 0.3) is 10.4 Å². The SMILES string of the molecule is N#Cc1ccc(C(CN2CC3CC(C2)CN(C(=O)[O-])C3)N=[N+]=[N-])cc1. The highest BCUT2D eigenvalue weighted by atomic mass is 16.4. The number of carbonyl (C=O) groups excluding carboxylic acids is 1. The van der Waals surface area contributed by atoms with Crippen molar-refractivity contribution >= 4 is 6.09 Å². The fourth-order valence-electron chi connectivity index (χ4n) is 3.98. The molecular formula is C17H19N6O2-. The number of hydrogen-bond donors (Lipinski definition) is 0. The number of rotatable bonds is 4. The standard InChI is InChI=1S/C17H20N6O2/c18-6-12-1-3-15(4-2-12)16(20-21-19)11-22-7-13-5-14(8-22)10-23(9-13)17(24)25/h1-4,13-14,16H,5,7-11H2,(H,24,25)/p-1. The molecule has 1 aromatic rings. The highest BCUT2D eigenvalue weighted by Gasteiger charge is 2.34. The summed E-state index contributed by atoms with van der Waals surface area (Å²) >= 11 is 0. The molecule has 3 unspecified atom stereocenters. The molecule has 2 heterocycles. The second kappa shape index (κ2) is 7.43. The summed E-state index contributed by atoms with van der Waals surface area (Å²) < 4.78 is 0. The maximum absolute atomic E-state index is 11.1. The maximum Gasteiger partial charge on any atom is 0.136 e. The molecule has 0 radical (unpaired) electrons. The number of hydrogen-bond acceptors (Lipinski definition) is 5. The zero-order valence-corrected chi connectivity index (χ0v) is 13.8. The van der Waals surface area contributed by atoms with Gasteiger partial charge in [-0.3, -0.25) is 0 Å². The molecule has 8 heteroatoms. The van der Waals surface area contributed by atoms with Gasteiger partial charge in [0.25, 0.3) is 0 Å². The number of amides is 1. The van der Waals surface area contributed by atoms with Crippen molar-refractivity contribution in [3.63, 3.8) is 0 Å². The number of azide groups is 1. The second-order valence-electron chi connectivity index (χ2n) is 6.81. The van der Waals surface area contributed by atoms with Gasteiger partial charge in [0.05, 0.1) is 17.7 Å². The number of carbonyl (C=O) groups is 1. The van der Waals surface area contributed by atoms with Crippen LogP contribution in [0.5, 0.6) is 0 Å². The number of benzene rings is 1. The number of fused-ring (bicyclic) bond motifs is 2. The fourth-order valence-corrected chi connectivity index (χ4v) is 3.98. The maximum atomic E-state index is 11.1. The quantitative estimate of drug-likeness (QED) is 0.469. The predicted molar refractivity (Wildman–Crippen MR) is 88.1 cm³/mol. The van der Waals surface area contributed by atoms with Gasteiger partial charge in [-0.25, -0.2) is 0 Å². The van der Waals surface area contributed by atoms with E-state index in [9.17, 15) is 9.90 Å². The van der Waals surface area contributed by atoms with Crippen LogP contribution in [-0.2, 0) is 0 Å². The Hall–Kier alpha value is -2.75. The highest BCUT2D eigenvalue weighted by molar-refractivity contribution is 5.62. The topological polar surface area (TPSA) is 119 Å². The van der Waals surface area contributed by atoms with Crippen LogP contribution >= 0.6 is 0 Å². The van der Waals surface area contributed by atoms with Gasteiger partial charge in [0.1, 0.15) is 6.09 Å². The molecule has 2 aliphatic heterocycles. The smallest absolute Gasteiger partial charge is 0.136 e. The van der Waals surface area contributed by atoms with Crippen molar-refractivity contribution in [2.75, 3.05) is 32.7 Å². The molecule has 3 rings (SSSR count). The van der Waals surface area contributed by atoms with E-state index in [1.54, 1.807) is 12.1 Å². The Morgan fingerprint density at radius 1 is 1.32 bits per heavy atom. The van der Waals surface area contributed by atoms with Gasteiger partial charge in [-0.15, -0.1) is 0 Å². The number of likely N-dealkylation sites (tertiary alicyclic amines) is 2. The van der Waals surface area contributed by atoms with Gasteiger partial charge in [0, 0.05) is 37.6 Å². The molecule has 0 N–H and O–H groups in total. The van der Waals surface area contributed by atoms with Crippen molar-refractivity contribution in [2.24, 2.45) is 17.0 Å². The van der Waals surface area contributed by atoms with E-state index in [4.69, 9.17) is 10.8 Å². The van der Waals surface area contributed by atoms with Gasteiger partial charge in [0.2, 0.25) is 0 Å². The summed E-state index contributed by atoms with van der Waals surface area (Å²) in [6.07, 6.45) is -0.0590. The first-order valence-corrected chi connectivity index (χ1v) is 8.31. The summed E-state index contributed by atoms with van der Waals surface area (Å²) in [6.45, 7) is 3.19. The Bertz CT molecular complexity index is 708. The van der Waals surface area contributed by atoms with E-state index in [1.165, 1.54) is 4.90 Å². The lowest BCUT2D eigenvalue weighted by Crippen LogP contribution is -2.56. The summed E-state index contributed by atoms with van der Waals surface area (Å²) in [5.41, 5.74) is 10.3. The third-order valence-corrected chi connectivity index (χ3v) is 4.96. The second-order valence-corrected chi connectivity index (χ2v) is 6.81. The van der Waals surface area contributed by atoms with E-state index < -0.39 is 6.09 Å². The Balaban J connectivity index is 1.68. The van der Waals surface area contributed by atoms with Crippen molar-refractivity contribution in [1.29, 1.82) is 5.26 Å². The minimum absolute atomic E-state index is 0.290. The van der Waals surface area contributed by atoms with Crippen LogP contribution in [0.3, 0.4) is 0 Å². The lowest BCUT2D eigenvalue weighted by atomic mass is 9.84. The third kappa shape index (κ3) is 4.02. The molecule has 3 atom stereocenters. The Labute approximate surface area is 145 Å². The van der Waals surface area contributed by atoms with Crippen molar-refractivity contribution in [3.8, 4) is 6.07 Å². The molecule has 1 amide bonds. The van der Waals surface area contributed by atoms with E-state index in [2.05, 4.69) is 21.0 Å². The largest absolute Gasteiger partial charge is 0.530 e. The normalized spacial score (nSPS) is 24.0. The molecule has 0 aromatic heterocycles. The molecule has 0 saturated carbocycles. The minimum atomic E-state index is -1.09. The molecule has 0 spiro atoms. The van der Waals surface area contributed by atoms with E-state index >= 15 is 0 Å². The Kier molecular flexibility index (Phi) is 5.08. The lowest BCUT2D eigenvalue weighted by molar-refractivity contribution is -0.268. The summed E-state index contributed by atoms with van der Waals surface area (Å²) in [5.74, 6) is 0.580. The Morgan fingerprint density at radius 3 is 2.48 bits per heavy atom. The molecule has 2 aliphatic rings. The number of carboxylic acid groups (broad SMARTS) is 1. The molecule has 2 fully saturated rings. The molecule has 25 heavy (non-hydrogen) atoms. The van der Waals surface area contributed by atoms with Crippen LogP contribution in [0.2, 0.25) is 0 Å². The van der Waals surface area contributed by atoms with Gasteiger partial charge in [-0.05, 0) is 41.5 Å². The van der Waals surface area contributed by atoms with Gasteiger partial charge >= 0.3 is 0 Å². The van der Waals surface area contributed by atoms with E-state index in [0.717, 1.165) is 25.1 Å². The monoisotopic (exact) mass is 339 g/mol. The van der Waals surface area contributed by atoms with Crippen LogP contribution in [-0.4, -0.2) is 48.6 Å². The number of nitrogens with zero attached hydrogens (tertiary/aromatic N) is 6. The summed E-state index contributed by atoms with van der Waals surface area (Å²) in [6, 6.07) is 8.83. The van der Waals surface area contributed by atoms with Crippen LogP contribution in [0.1, 0.15) is 23.6 Å². The number of piperidine rings is 2.